The van der Waals surface area contributed by atoms with Crippen molar-refractivity contribution in [1.82, 2.24) is 0 Å². The normalized spacial score (nSPS) is 10.4. The molecule has 0 bridgehead atoms. The number of ketones is 1. The second-order valence-electron chi connectivity index (χ2n) is 3.91. The summed E-state index contributed by atoms with van der Waals surface area (Å²) in [6.45, 7) is 1.79. The predicted molar refractivity (Wildman–Crippen MR) is 71.0 cm³/mol. The number of carbonyl (C=O) groups is 1. The molecule has 0 aliphatic rings. The van der Waals surface area contributed by atoms with Crippen molar-refractivity contribution >= 4 is 29.0 Å². The van der Waals surface area contributed by atoms with E-state index in [4.69, 9.17) is 23.2 Å². The fourth-order valence-electron chi connectivity index (χ4n) is 1.64. The molecule has 0 fully saturated rings. The molecule has 0 N–H and O–H groups in total. The van der Waals surface area contributed by atoms with Crippen molar-refractivity contribution < 1.29 is 9.18 Å². The average molecular weight is 283 g/mol. The lowest BCUT2D eigenvalue weighted by atomic mass is 10.0. The van der Waals surface area contributed by atoms with Gasteiger partial charge in [0.2, 0.25) is 0 Å². The van der Waals surface area contributed by atoms with Crippen LogP contribution in [0.1, 0.15) is 21.5 Å². The molecule has 0 aliphatic carbocycles. The van der Waals surface area contributed by atoms with E-state index in [1.54, 1.807) is 25.1 Å². The summed E-state index contributed by atoms with van der Waals surface area (Å²) in [6.07, 6.45) is 0. The van der Waals surface area contributed by atoms with Gasteiger partial charge in [-0.15, -0.1) is 0 Å². The molecule has 2 aromatic rings. The Labute approximate surface area is 114 Å². The van der Waals surface area contributed by atoms with Crippen LogP contribution in [0, 0.1) is 12.7 Å². The summed E-state index contributed by atoms with van der Waals surface area (Å²) < 4.78 is 13.6. The first-order valence-electron chi connectivity index (χ1n) is 5.25. The van der Waals surface area contributed by atoms with Gasteiger partial charge in [0, 0.05) is 5.56 Å². The first-order chi connectivity index (χ1) is 8.50. The molecule has 0 spiro atoms. The monoisotopic (exact) mass is 282 g/mol. The van der Waals surface area contributed by atoms with E-state index in [9.17, 15) is 9.18 Å². The predicted octanol–water partition coefficient (Wildman–Crippen LogP) is 4.67. The number of rotatable bonds is 2. The molecule has 0 aromatic heterocycles. The van der Waals surface area contributed by atoms with Crippen LogP contribution in [0.4, 0.5) is 4.39 Å². The Morgan fingerprint density at radius 2 is 1.83 bits per heavy atom. The fraction of sp³-hybridized carbons (Fsp3) is 0.0714. The minimum absolute atomic E-state index is 0.000772. The molecule has 18 heavy (non-hydrogen) atoms. The molecule has 0 radical (unpaired) electrons. The fourth-order valence-corrected chi connectivity index (χ4v) is 2.02. The molecule has 0 unspecified atom stereocenters. The lowest BCUT2D eigenvalue weighted by Crippen LogP contribution is -2.05. The summed E-state index contributed by atoms with van der Waals surface area (Å²) >= 11 is 11.8. The lowest BCUT2D eigenvalue weighted by Gasteiger charge is -2.06. The van der Waals surface area contributed by atoms with Gasteiger partial charge in [0.25, 0.3) is 0 Å². The summed E-state index contributed by atoms with van der Waals surface area (Å²) in [7, 11) is 0. The van der Waals surface area contributed by atoms with Crippen LogP contribution in [0.2, 0.25) is 10.0 Å². The van der Waals surface area contributed by atoms with Crippen molar-refractivity contribution in [2.75, 3.05) is 0 Å². The van der Waals surface area contributed by atoms with Crippen molar-refractivity contribution in [2.45, 2.75) is 6.92 Å². The molecule has 0 amide bonds. The Morgan fingerprint density at radius 1 is 1.11 bits per heavy atom. The molecule has 0 saturated carbocycles. The first kappa shape index (κ1) is 13.1. The molecule has 0 heterocycles. The number of hydrogen-bond donors (Lipinski definition) is 0. The van der Waals surface area contributed by atoms with Gasteiger partial charge >= 0.3 is 0 Å². The molecule has 1 nitrogen and oxygen atoms in total. The minimum Gasteiger partial charge on any atom is -0.288 e. The molecular weight excluding hydrogens is 274 g/mol. The third-order valence-electron chi connectivity index (χ3n) is 2.56. The minimum atomic E-state index is -0.568. The lowest BCUT2D eigenvalue weighted by molar-refractivity contribution is 0.103. The quantitative estimate of drug-likeness (QED) is 0.732. The van der Waals surface area contributed by atoms with E-state index in [0.29, 0.717) is 0 Å². The van der Waals surface area contributed by atoms with E-state index in [2.05, 4.69) is 0 Å². The SMILES string of the molecule is Cc1ccc(F)c(C(=O)c2cccc(Cl)c2Cl)c1. The van der Waals surface area contributed by atoms with E-state index in [1.807, 2.05) is 0 Å². The van der Waals surface area contributed by atoms with Crippen molar-refractivity contribution in [3.8, 4) is 0 Å². The second-order valence-corrected chi connectivity index (χ2v) is 4.70. The van der Waals surface area contributed by atoms with Gasteiger partial charge in [0.15, 0.2) is 5.78 Å². The van der Waals surface area contributed by atoms with Crippen molar-refractivity contribution in [1.29, 1.82) is 0 Å². The van der Waals surface area contributed by atoms with Crippen LogP contribution >= 0.6 is 23.2 Å². The van der Waals surface area contributed by atoms with E-state index in [1.165, 1.54) is 18.2 Å². The Bertz CT molecular complexity index is 619. The number of aryl methyl sites for hydroxylation is 1. The van der Waals surface area contributed by atoms with Crippen LogP contribution in [0.25, 0.3) is 0 Å². The zero-order valence-electron chi connectivity index (χ0n) is 9.51. The highest BCUT2D eigenvalue weighted by molar-refractivity contribution is 6.44. The summed E-state index contributed by atoms with van der Waals surface area (Å²) in [4.78, 5) is 12.2. The second kappa shape index (κ2) is 5.09. The summed E-state index contributed by atoms with van der Waals surface area (Å²) in [5.74, 6) is -1.04. The maximum Gasteiger partial charge on any atom is 0.197 e. The van der Waals surface area contributed by atoms with E-state index in [-0.39, 0.29) is 21.2 Å². The van der Waals surface area contributed by atoms with Gasteiger partial charge < -0.3 is 0 Å². The molecule has 2 aromatic carbocycles. The Kier molecular flexibility index (Phi) is 3.69. The van der Waals surface area contributed by atoms with Crippen LogP contribution < -0.4 is 0 Å². The zero-order chi connectivity index (χ0) is 13.3. The van der Waals surface area contributed by atoms with Gasteiger partial charge in [0.1, 0.15) is 5.82 Å². The van der Waals surface area contributed by atoms with Crippen LogP contribution in [-0.4, -0.2) is 5.78 Å². The third kappa shape index (κ3) is 2.40. The van der Waals surface area contributed by atoms with Gasteiger partial charge in [-0.25, -0.2) is 4.39 Å². The molecular formula is C14H9Cl2FO. The number of hydrogen-bond acceptors (Lipinski definition) is 1. The summed E-state index contributed by atoms with van der Waals surface area (Å²) in [5, 5.41) is 0.417. The number of halogens is 3. The van der Waals surface area contributed by atoms with Crippen molar-refractivity contribution in [2.24, 2.45) is 0 Å². The maximum absolute atomic E-state index is 13.6. The van der Waals surface area contributed by atoms with Gasteiger partial charge in [-0.2, -0.15) is 0 Å². The molecule has 0 atom stereocenters. The van der Waals surface area contributed by atoms with Gasteiger partial charge in [-0.05, 0) is 31.2 Å². The van der Waals surface area contributed by atoms with Gasteiger partial charge in [-0.3, -0.25) is 4.79 Å². The van der Waals surface area contributed by atoms with E-state index < -0.39 is 11.6 Å². The average Bonchev–Trinajstić information content (AvgIpc) is 2.35. The molecule has 0 aliphatic heterocycles. The van der Waals surface area contributed by atoms with E-state index in [0.717, 1.165) is 5.56 Å². The highest BCUT2D eigenvalue weighted by atomic mass is 35.5. The zero-order valence-corrected chi connectivity index (χ0v) is 11.0. The standard InChI is InChI=1S/C14H9Cl2FO/c1-8-5-6-12(17)10(7-8)14(18)9-3-2-4-11(15)13(9)16/h2-7H,1H3. The summed E-state index contributed by atoms with van der Waals surface area (Å²) in [6, 6.07) is 9.07. The number of benzene rings is 2. The van der Waals surface area contributed by atoms with E-state index >= 15 is 0 Å². The Hall–Kier alpha value is -1.38. The Morgan fingerprint density at radius 3 is 2.56 bits per heavy atom. The highest BCUT2D eigenvalue weighted by Gasteiger charge is 2.18. The van der Waals surface area contributed by atoms with Crippen LogP contribution in [0.3, 0.4) is 0 Å². The molecule has 2 rings (SSSR count). The number of carbonyl (C=O) groups excluding carboxylic acids is 1. The molecule has 4 heteroatoms. The van der Waals surface area contributed by atoms with Crippen molar-refractivity contribution in [3.63, 3.8) is 0 Å². The maximum atomic E-state index is 13.6. The van der Waals surface area contributed by atoms with Crippen LogP contribution in [-0.2, 0) is 0 Å². The van der Waals surface area contributed by atoms with Gasteiger partial charge in [-0.1, -0.05) is 40.9 Å². The smallest absolute Gasteiger partial charge is 0.197 e. The molecule has 0 saturated heterocycles. The van der Waals surface area contributed by atoms with Gasteiger partial charge in [0.05, 0.1) is 15.6 Å². The van der Waals surface area contributed by atoms with Crippen molar-refractivity contribution in [3.05, 3.63) is 69.0 Å². The Balaban J connectivity index is 2.55. The topological polar surface area (TPSA) is 17.1 Å². The first-order valence-corrected chi connectivity index (χ1v) is 6.01. The highest BCUT2D eigenvalue weighted by Crippen LogP contribution is 2.28. The third-order valence-corrected chi connectivity index (χ3v) is 3.38. The molecule has 92 valence electrons. The van der Waals surface area contributed by atoms with Crippen LogP contribution in [0.15, 0.2) is 36.4 Å². The summed E-state index contributed by atoms with van der Waals surface area (Å²) in [5.41, 5.74) is 1.01. The largest absolute Gasteiger partial charge is 0.288 e. The van der Waals surface area contributed by atoms with Crippen LogP contribution in [0.5, 0.6) is 0 Å².